The van der Waals surface area contributed by atoms with Gasteiger partial charge in [-0.2, -0.15) is 5.10 Å². The average molecular weight is 325 g/mol. The van der Waals surface area contributed by atoms with E-state index in [4.69, 9.17) is 23.2 Å². The number of rotatable bonds is 3. The van der Waals surface area contributed by atoms with Crippen LogP contribution in [0.1, 0.15) is 5.56 Å². The van der Waals surface area contributed by atoms with E-state index < -0.39 is 0 Å². The molecule has 0 bridgehead atoms. The number of anilines is 1. The first-order chi connectivity index (χ1) is 10.1. The molecule has 1 saturated heterocycles. The average Bonchev–Trinajstić information content (AvgIpc) is 2.88. The molecule has 1 aliphatic heterocycles. The van der Waals surface area contributed by atoms with E-state index in [1.807, 2.05) is 36.1 Å². The summed E-state index contributed by atoms with van der Waals surface area (Å²) in [5.41, 5.74) is 2.41. The Morgan fingerprint density at radius 3 is 2.48 bits per heavy atom. The molecule has 2 heterocycles. The van der Waals surface area contributed by atoms with Crippen LogP contribution in [-0.4, -0.2) is 40.9 Å². The highest BCUT2D eigenvalue weighted by Crippen LogP contribution is 2.27. The minimum Gasteiger partial charge on any atom is -0.369 e. The van der Waals surface area contributed by atoms with Gasteiger partial charge in [-0.1, -0.05) is 23.2 Å². The third-order valence-corrected chi connectivity index (χ3v) is 4.54. The summed E-state index contributed by atoms with van der Waals surface area (Å²) in [6.07, 6.45) is 4.01. The first kappa shape index (κ1) is 14.7. The molecule has 0 saturated carbocycles. The van der Waals surface area contributed by atoms with Crippen molar-refractivity contribution in [3.05, 3.63) is 46.2 Å². The number of nitrogens with zero attached hydrogens (tertiary/aromatic N) is 4. The Balaban J connectivity index is 1.58. The number of halogens is 2. The van der Waals surface area contributed by atoms with Crippen LogP contribution in [0.3, 0.4) is 0 Å². The first-order valence-electron chi connectivity index (χ1n) is 7.02. The van der Waals surface area contributed by atoms with Gasteiger partial charge in [0.1, 0.15) is 0 Å². The summed E-state index contributed by atoms with van der Waals surface area (Å²) in [5.74, 6) is 0. The molecule has 1 fully saturated rings. The van der Waals surface area contributed by atoms with Crippen molar-refractivity contribution >= 4 is 28.9 Å². The normalized spacial score (nSPS) is 16.4. The van der Waals surface area contributed by atoms with Crippen LogP contribution in [0.5, 0.6) is 0 Å². The lowest BCUT2D eigenvalue weighted by molar-refractivity contribution is 0.250. The molecular formula is C15H18Cl2N4. The molecule has 0 unspecified atom stereocenters. The van der Waals surface area contributed by atoms with Crippen molar-refractivity contribution < 1.29 is 0 Å². The summed E-state index contributed by atoms with van der Waals surface area (Å²) in [7, 11) is 1.95. The van der Waals surface area contributed by atoms with Crippen LogP contribution in [0.2, 0.25) is 10.0 Å². The van der Waals surface area contributed by atoms with Gasteiger partial charge in [-0.05, 0) is 18.2 Å². The lowest BCUT2D eigenvalue weighted by Crippen LogP contribution is -2.45. The van der Waals surface area contributed by atoms with Crippen LogP contribution >= 0.6 is 23.2 Å². The van der Waals surface area contributed by atoms with Crippen molar-refractivity contribution in [1.29, 1.82) is 0 Å². The zero-order valence-corrected chi connectivity index (χ0v) is 13.5. The van der Waals surface area contributed by atoms with Gasteiger partial charge in [0.05, 0.1) is 16.2 Å². The second-order valence-electron chi connectivity index (χ2n) is 5.38. The summed E-state index contributed by atoms with van der Waals surface area (Å²) in [5, 5.41) is 5.44. The summed E-state index contributed by atoms with van der Waals surface area (Å²) < 4.78 is 1.85. The molecule has 0 N–H and O–H groups in total. The van der Waals surface area contributed by atoms with Crippen LogP contribution in [0.15, 0.2) is 30.6 Å². The van der Waals surface area contributed by atoms with Crippen LogP contribution in [-0.2, 0) is 13.6 Å². The second kappa shape index (κ2) is 6.26. The molecule has 1 aromatic carbocycles. The fourth-order valence-corrected chi connectivity index (χ4v) is 2.95. The molecule has 0 aliphatic carbocycles. The van der Waals surface area contributed by atoms with Gasteiger partial charge in [0.15, 0.2) is 0 Å². The van der Waals surface area contributed by atoms with Gasteiger partial charge < -0.3 is 4.90 Å². The van der Waals surface area contributed by atoms with E-state index >= 15 is 0 Å². The predicted molar refractivity (Wildman–Crippen MR) is 87.2 cm³/mol. The largest absolute Gasteiger partial charge is 0.369 e. The van der Waals surface area contributed by atoms with E-state index in [-0.39, 0.29) is 0 Å². The molecule has 0 spiro atoms. The van der Waals surface area contributed by atoms with Crippen molar-refractivity contribution in [3.8, 4) is 0 Å². The molecule has 2 aromatic rings. The summed E-state index contributed by atoms with van der Waals surface area (Å²) >= 11 is 12.1. The Kier molecular flexibility index (Phi) is 4.38. The van der Waals surface area contributed by atoms with E-state index in [1.54, 1.807) is 0 Å². The zero-order valence-electron chi connectivity index (χ0n) is 12.0. The highest BCUT2D eigenvalue weighted by atomic mass is 35.5. The highest BCUT2D eigenvalue weighted by Gasteiger charge is 2.18. The topological polar surface area (TPSA) is 24.3 Å². The fourth-order valence-electron chi connectivity index (χ4n) is 2.66. The van der Waals surface area contributed by atoms with Gasteiger partial charge in [0.2, 0.25) is 0 Å². The number of benzene rings is 1. The lowest BCUT2D eigenvalue weighted by atomic mass is 10.2. The minimum atomic E-state index is 0.607. The number of piperazine rings is 1. The van der Waals surface area contributed by atoms with Crippen molar-refractivity contribution in [2.75, 3.05) is 31.1 Å². The third kappa shape index (κ3) is 3.51. The Bertz CT molecular complexity index is 618. The molecule has 1 aliphatic rings. The maximum Gasteiger partial charge on any atom is 0.0612 e. The Morgan fingerprint density at radius 2 is 1.86 bits per heavy atom. The minimum absolute atomic E-state index is 0.607. The first-order valence-corrected chi connectivity index (χ1v) is 7.77. The van der Waals surface area contributed by atoms with Crippen LogP contribution in [0.25, 0.3) is 0 Å². The highest BCUT2D eigenvalue weighted by molar-refractivity contribution is 6.42. The van der Waals surface area contributed by atoms with E-state index in [0.29, 0.717) is 10.0 Å². The Labute approximate surface area is 134 Å². The molecule has 112 valence electrons. The second-order valence-corrected chi connectivity index (χ2v) is 6.20. The summed E-state index contributed by atoms with van der Waals surface area (Å²) in [6, 6.07) is 5.84. The lowest BCUT2D eigenvalue weighted by Gasteiger charge is -2.36. The van der Waals surface area contributed by atoms with Crippen molar-refractivity contribution in [1.82, 2.24) is 14.7 Å². The van der Waals surface area contributed by atoms with Gasteiger partial charge >= 0.3 is 0 Å². The van der Waals surface area contributed by atoms with Crippen molar-refractivity contribution in [2.45, 2.75) is 6.54 Å². The maximum absolute atomic E-state index is 6.09. The molecule has 3 rings (SSSR count). The standard InChI is InChI=1S/C15H18Cl2N4/c1-19-10-12(9-18-19)11-20-4-6-21(7-5-20)13-2-3-14(16)15(17)8-13/h2-3,8-10H,4-7,11H2,1H3. The predicted octanol–water partition coefficient (Wildman–Crippen LogP) is 3.05. The molecule has 0 amide bonds. The van der Waals surface area contributed by atoms with E-state index in [2.05, 4.69) is 21.1 Å². The zero-order chi connectivity index (χ0) is 14.8. The molecule has 6 heteroatoms. The van der Waals surface area contributed by atoms with Gasteiger partial charge in [0, 0.05) is 57.2 Å². The van der Waals surface area contributed by atoms with Gasteiger partial charge in [-0.25, -0.2) is 0 Å². The molecule has 0 atom stereocenters. The third-order valence-electron chi connectivity index (χ3n) is 3.81. The molecule has 21 heavy (non-hydrogen) atoms. The van der Waals surface area contributed by atoms with Gasteiger partial charge in [0.25, 0.3) is 0 Å². The smallest absolute Gasteiger partial charge is 0.0612 e. The molecule has 4 nitrogen and oxygen atoms in total. The molecular weight excluding hydrogens is 307 g/mol. The van der Waals surface area contributed by atoms with E-state index in [1.165, 1.54) is 5.56 Å². The monoisotopic (exact) mass is 324 g/mol. The van der Waals surface area contributed by atoms with Crippen molar-refractivity contribution in [3.63, 3.8) is 0 Å². The van der Waals surface area contributed by atoms with Crippen LogP contribution < -0.4 is 4.90 Å². The Morgan fingerprint density at radius 1 is 1.10 bits per heavy atom. The molecule has 0 radical (unpaired) electrons. The van der Waals surface area contributed by atoms with Crippen LogP contribution in [0, 0.1) is 0 Å². The van der Waals surface area contributed by atoms with E-state index in [0.717, 1.165) is 38.4 Å². The number of hydrogen-bond acceptors (Lipinski definition) is 3. The van der Waals surface area contributed by atoms with Gasteiger partial charge in [-0.3, -0.25) is 9.58 Å². The number of aromatic nitrogens is 2. The number of aryl methyl sites for hydroxylation is 1. The quantitative estimate of drug-likeness (QED) is 0.867. The fraction of sp³-hybridized carbons (Fsp3) is 0.400. The SMILES string of the molecule is Cn1cc(CN2CCN(c3ccc(Cl)c(Cl)c3)CC2)cn1. The van der Waals surface area contributed by atoms with Crippen molar-refractivity contribution in [2.24, 2.45) is 7.05 Å². The summed E-state index contributed by atoms with van der Waals surface area (Å²) in [4.78, 5) is 4.80. The van der Waals surface area contributed by atoms with Crippen LogP contribution in [0.4, 0.5) is 5.69 Å². The maximum atomic E-state index is 6.09. The number of hydrogen-bond donors (Lipinski definition) is 0. The van der Waals surface area contributed by atoms with E-state index in [9.17, 15) is 0 Å². The Hall–Kier alpha value is -1.23. The summed E-state index contributed by atoms with van der Waals surface area (Å²) in [6.45, 7) is 5.03. The van der Waals surface area contributed by atoms with Gasteiger partial charge in [-0.15, -0.1) is 0 Å². The molecule has 1 aromatic heterocycles.